The molecule has 200 valence electrons. The zero-order chi connectivity index (χ0) is 24.7. The van der Waals surface area contributed by atoms with Gasteiger partial charge in [0.2, 0.25) is 0 Å². The topological polar surface area (TPSA) is 52.6 Å². The lowest BCUT2D eigenvalue weighted by atomic mass is 9.65. The second kappa shape index (κ2) is 8.73. The Labute approximate surface area is 218 Å². The molecule has 12 atom stereocenters. The number of carbonyl (C=O) groups excluding carboxylic acids is 2. The molecule has 7 saturated carbocycles. The molecule has 0 N–H and O–H groups in total. The minimum atomic E-state index is 0.112. The SMILES string of the molecule is CC1(COC(=O)C2CC3CCC2C3)CC2CC(C1)C1CC(C)(COC(=O)C3CC4CCC3C4)CCC21. The summed E-state index contributed by atoms with van der Waals surface area (Å²) in [6, 6.07) is 0. The highest BCUT2D eigenvalue weighted by molar-refractivity contribution is 5.74. The quantitative estimate of drug-likeness (QED) is 0.379. The van der Waals surface area contributed by atoms with Gasteiger partial charge in [-0.15, -0.1) is 0 Å². The molecule has 7 fully saturated rings. The monoisotopic (exact) mass is 496 g/mol. The van der Waals surface area contributed by atoms with Crippen LogP contribution >= 0.6 is 0 Å². The van der Waals surface area contributed by atoms with Crippen LogP contribution in [0.5, 0.6) is 0 Å². The van der Waals surface area contributed by atoms with Crippen LogP contribution < -0.4 is 0 Å². The summed E-state index contributed by atoms with van der Waals surface area (Å²) < 4.78 is 12.1. The normalized spacial score (nSPS) is 52.4. The maximum atomic E-state index is 12.9. The molecule has 0 heterocycles. The summed E-state index contributed by atoms with van der Waals surface area (Å²) in [6.45, 7) is 6.03. The Morgan fingerprint density at radius 2 is 1.17 bits per heavy atom. The van der Waals surface area contributed by atoms with Crippen molar-refractivity contribution in [1.82, 2.24) is 0 Å². The highest BCUT2D eigenvalue weighted by atomic mass is 16.5. The van der Waals surface area contributed by atoms with Crippen LogP contribution in [0.4, 0.5) is 0 Å². The van der Waals surface area contributed by atoms with E-state index in [0.29, 0.717) is 25.0 Å². The molecule has 7 aliphatic carbocycles. The highest BCUT2D eigenvalue weighted by Crippen LogP contribution is 2.62. The predicted molar refractivity (Wildman–Crippen MR) is 138 cm³/mol. The number of esters is 2. The van der Waals surface area contributed by atoms with Crippen molar-refractivity contribution < 1.29 is 19.1 Å². The molecule has 0 aromatic carbocycles. The van der Waals surface area contributed by atoms with Gasteiger partial charge < -0.3 is 9.47 Å². The van der Waals surface area contributed by atoms with E-state index in [4.69, 9.17) is 9.47 Å². The smallest absolute Gasteiger partial charge is 0.309 e. The summed E-state index contributed by atoms with van der Waals surface area (Å²) in [5, 5.41) is 0. The largest absolute Gasteiger partial charge is 0.465 e. The number of hydrogen-bond acceptors (Lipinski definition) is 4. The van der Waals surface area contributed by atoms with Crippen molar-refractivity contribution in [3.8, 4) is 0 Å². The van der Waals surface area contributed by atoms with Gasteiger partial charge >= 0.3 is 11.9 Å². The van der Waals surface area contributed by atoms with E-state index < -0.39 is 0 Å². The molecule has 36 heavy (non-hydrogen) atoms. The second-order valence-corrected chi connectivity index (χ2v) is 15.6. The maximum Gasteiger partial charge on any atom is 0.309 e. The molecule has 7 aliphatic rings. The molecule has 7 rings (SSSR count). The van der Waals surface area contributed by atoms with E-state index >= 15 is 0 Å². The molecule has 12 unspecified atom stereocenters. The highest BCUT2D eigenvalue weighted by Gasteiger charge is 2.55. The van der Waals surface area contributed by atoms with Crippen LogP contribution in [0, 0.1) is 70.0 Å². The Hall–Kier alpha value is -1.06. The Morgan fingerprint density at radius 1 is 0.611 bits per heavy atom. The van der Waals surface area contributed by atoms with Gasteiger partial charge in [0.05, 0.1) is 25.0 Å². The van der Waals surface area contributed by atoms with E-state index in [-0.39, 0.29) is 34.6 Å². The van der Waals surface area contributed by atoms with E-state index in [1.54, 1.807) is 0 Å². The summed E-state index contributed by atoms with van der Waals surface area (Å²) in [5.74, 6) is 6.54. The molecule has 4 heteroatoms. The van der Waals surface area contributed by atoms with Crippen LogP contribution in [0.25, 0.3) is 0 Å². The van der Waals surface area contributed by atoms with Gasteiger partial charge in [0, 0.05) is 10.8 Å². The lowest BCUT2D eigenvalue weighted by molar-refractivity contribution is -0.156. The lowest BCUT2D eigenvalue weighted by Crippen LogP contribution is -2.37. The van der Waals surface area contributed by atoms with Gasteiger partial charge in [-0.1, -0.05) is 26.7 Å². The first-order chi connectivity index (χ1) is 17.3. The number of ether oxygens (including phenoxy) is 2. The van der Waals surface area contributed by atoms with Gasteiger partial charge in [-0.25, -0.2) is 0 Å². The van der Waals surface area contributed by atoms with Crippen LogP contribution in [0.15, 0.2) is 0 Å². The fraction of sp³-hybridized carbons (Fsp3) is 0.938. The zero-order valence-corrected chi connectivity index (χ0v) is 22.7. The van der Waals surface area contributed by atoms with E-state index in [2.05, 4.69) is 13.8 Å². The fourth-order valence-electron chi connectivity index (χ4n) is 11.2. The van der Waals surface area contributed by atoms with E-state index in [9.17, 15) is 9.59 Å². The number of fused-ring (bicyclic) bond motifs is 9. The van der Waals surface area contributed by atoms with Gasteiger partial charge in [-0.05, 0) is 124 Å². The average Bonchev–Trinajstić information content (AvgIpc) is 3.69. The first kappa shape index (κ1) is 24.0. The molecular formula is C32H48O4. The molecule has 4 nitrogen and oxygen atoms in total. The van der Waals surface area contributed by atoms with Crippen LogP contribution in [-0.2, 0) is 19.1 Å². The van der Waals surface area contributed by atoms with Crippen molar-refractivity contribution >= 4 is 11.9 Å². The van der Waals surface area contributed by atoms with E-state index in [1.165, 1.54) is 77.0 Å². The zero-order valence-electron chi connectivity index (χ0n) is 22.7. The molecule has 0 saturated heterocycles. The molecular weight excluding hydrogens is 448 g/mol. The van der Waals surface area contributed by atoms with Gasteiger partial charge in [-0.2, -0.15) is 0 Å². The Bertz CT molecular complexity index is 899. The summed E-state index contributed by atoms with van der Waals surface area (Å²) in [4.78, 5) is 25.9. The minimum absolute atomic E-state index is 0.112. The van der Waals surface area contributed by atoms with Gasteiger partial charge in [0.25, 0.3) is 0 Å². The van der Waals surface area contributed by atoms with Crippen LogP contribution in [-0.4, -0.2) is 25.2 Å². The third-order valence-corrected chi connectivity index (χ3v) is 12.9. The van der Waals surface area contributed by atoms with Crippen molar-refractivity contribution in [1.29, 1.82) is 0 Å². The maximum absolute atomic E-state index is 12.9. The van der Waals surface area contributed by atoms with Crippen molar-refractivity contribution in [3.05, 3.63) is 0 Å². The third kappa shape index (κ3) is 4.15. The molecule has 0 aromatic heterocycles. The van der Waals surface area contributed by atoms with Gasteiger partial charge in [0.15, 0.2) is 0 Å². The van der Waals surface area contributed by atoms with Crippen molar-refractivity contribution in [2.75, 3.05) is 13.2 Å². The van der Waals surface area contributed by atoms with E-state index in [1.807, 2.05) is 0 Å². The Morgan fingerprint density at radius 3 is 1.69 bits per heavy atom. The minimum Gasteiger partial charge on any atom is -0.465 e. The summed E-state index contributed by atoms with van der Waals surface area (Å²) in [5.41, 5.74) is 0.277. The molecule has 6 bridgehead atoms. The van der Waals surface area contributed by atoms with Crippen LogP contribution in [0.3, 0.4) is 0 Å². The first-order valence-corrected chi connectivity index (χ1v) is 15.6. The Kier molecular flexibility index (Phi) is 5.82. The third-order valence-electron chi connectivity index (χ3n) is 12.9. The van der Waals surface area contributed by atoms with E-state index in [0.717, 1.165) is 48.3 Å². The summed E-state index contributed by atoms with van der Waals surface area (Å²) in [6.07, 6.45) is 17.3. The average molecular weight is 497 g/mol. The first-order valence-electron chi connectivity index (χ1n) is 15.6. The molecule has 0 radical (unpaired) electrons. The lowest BCUT2D eigenvalue weighted by Gasteiger charge is -2.42. The summed E-state index contributed by atoms with van der Waals surface area (Å²) in [7, 11) is 0. The summed E-state index contributed by atoms with van der Waals surface area (Å²) >= 11 is 0. The number of carbonyl (C=O) groups is 2. The molecule has 0 amide bonds. The predicted octanol–water partition coefficient (Wildman–Crippen LogP) is 6.80. The van der Waals surface area contributed by atoms with Crippen molar-refractivity contribution in [2.45, 2.75) is 104 Å². The van der Waals surface area contributed by atoms with Crippen molar-refractivity contribution in [3.63, 3.8) is 0 Å². The molecule has 0 spiro atoms. The van der Waals surface area contributed by atoms with Crippen molar-refractivity contribution in [2.24, 2.45) is 70.0 Å². The van der Waals surface area contributed by atoms with Crippen LogP contribution in [0.1, 0.15) is 104 Å². The number of rotatable bonds is 6. The van der Waals surface area contributed by atoms with Gasteiger partial charge in [-0.3, -0.25) is 9.59 Å². The number of hydrogen-bond donors (Lipinski definition) is 0. The van der Waals surface area contributed by atoms with Gasteiger partial charge in [0.1, 0.15) is 0 Å². The fourth-order valence-corrected chi connectivity index (χ4v) is 11.2. The standard InChI is InChI=1S/C32H48O4/c1-31(17-35-29(33)26-11-19-3-5-21(26)9-19)8-7-25-23-13-24(28(25)16-31)15-32(2,14-23)18-36-30(34)27-12-20-4-6-22(27)10-20/h19-28H,3-18H2,1-2H3. The molecule has 0 aliphatic heterocycles. The second-order valence-electron chi connectivity index (χ2n) is 15.6. The van der Waals surface area contributed by atoms with Crippen LogP contribution in [0.2, 0.25) is 0 Å². The Balaban J connectivity index is 0.938. The molecule has 0 aromatic rings.